The summed E-state index contributed by atoms with van der Waals surface area (Å²) in [4.78, 5) is 0.147. The first kappa shape index (κ1) is 16.3. The fraction of sp³-hybridized carbons (Fsp3) is 0.158. The molecule has 0 N–H and O–H groups in total. The molecule has 0 aliphatic heterocycles. The maximum Gasteiger partial charge on any atom is 0.339 e. The molecule has 0 saturated carbocycles. The zero-order valence-electron chi connectivity index (χ0n) is 13.7. The summed E-state index contributed by atoms with van der Waals surface area (Å²) in [5, 5.41) is 1.68. The Hall–Kier alpha value is -2.53. The molecule has 3 aromatic rings. The Morgan fingerprint density at radius 2 is 1.50 bits per heavy atom. The van der Waals surface area contributed by atoms with Crippen LogP contribution in [0.2, 0.25) is 0 Å². The summed E-state index contributed by atoms with van der Waals surface area (Å²) in [6.45, 7) is 3.57. The lowest BCUT2D eigenvalue weighted by Gasteiger charge is -2.14. The van der Waals surface area contributed by atoms with Gasteiger partial charge in [0.15, 0.2) is 5.75 Å². The van der Waals surface area contributed by atoms with Crippen LogP contribution in [0.15, 0.2) is 59.5 Å². The van der Waals surface area contributed by atoms with Gasteiger partial charge < -0.3 is 8.92 Å². The smallest absolute Gasteiger partial charge is 0.339 e. The Bertz CT molecular complexity index is 1000. The van der Waals surface area contributed by atoms with Gasteiger partial charge in [0.05, 0.1) is 7.11 Å². The van der Waals surface area contributed by atoms with Crippen LogP contribution in [-0.2, 0) is 10.1 Å². The van der Waals surface area contributed by atoms with E-state index in [2.05, 4.69) is 0 Å². The van der Waals surface area contributed by atoms with Crippen LogP contribution in [-0.4, -0.2) is 15.5 Å². The van der Waals surface area contributed by atoms with E-state index < -0.39 is 10.1 Å². The number of hydrogen-bond donors (Lipinski definition) is 0. The van der Waals surface area contributed by atoms with Gasteiger partial charge in [-0.25, -0.2) is 0 Å². The van der Waals surface area contributed by atoms with Crippen molar-refractivity contribution in [1.82, 2.24) is 0 Å². The lowest BCUT2D eigenvalue weighted by atomic mass is 10.1. The maximum atomic E-state index is 12.8. The monoisotopic (exact) mass is 342 g/mol. The zero-order valence-corrected chi connectivity index (χ0v) is 14.6. The Labute approximate surface area is 141 Å². The summed E-state index contributed by atoms with van der Waals surface area (Å²) in [7, 11) is -2.38. The molecule has 0 fully saturated rings. The number of fused-ring (bicyclic) bond motifs is 1. The molecule has 3 aromatic carbocycles. The van der Waals surface area contributed by atoms with E-state index >= 15 is 0 Å². The Balaban J connectivity index is 2.07. The summed E-state index contributed by atoms with van der Waals surface area (Å²) in [5.74, 6) is 0.970. The fourth-order valence-electron chi connectivity index (χ4n) is 2.69. The van der Waals surface area contributed by atoms with Crippen LogP contribution >= 0.6 is 0 Å². The van der Waals surface area contributed by atoms with Crippen LogP contribution in [0.1, 0.15) is 11.1 Å². The number of methoxy groups -OCH3 is 1. The first-order valence-electron chi connectivity index (χ1n) is 7.50. The topological polar surface area (TPSA) is 52.6 Å². The van der Waals surface area contributed by atoms with Gasteiger partial charge in [-0.1, -0.05) is 36.4 Å². The van der Waals surface area contributed by atoms with Gasteiger partial charge in [-0.2, -0.15) is 8.42 Å². The Morgan fingerprint density at radius 1 is 0.792 bits per heavy atom. The third-order valence-electron chi connectivity index (χ3n) is 4.13. The average molecular weight is 342 g/mol. The first-order chi connectivity index (χ1) is 11.4. The van der Waals surface area contributed by atoms with Crippen LogP contribution in [0.3, 0.4) is 0 Å². The summed E-state index contributed by atoms with van der Waals surface area (Å²) >= 11 is 0. The Morgan fingerprint density at radius 3 is 2.25 bits per heavy atom. The van der Waals surface area contributed by atoms with Crippen molar-refractivity contribution in [2.75, 3.05) is 7.11 Å². The highest BCUT2D eigenvalue weighted by atomic mass is 32.2. The SMILES string of the molecule is COc1ccc(S(=O)(=O)Oc2cccc3ccccc23)c(C)c1C. The highest BCUT2D eigenvalue weighted by molar-refractivity contribution is 7.87. The lowest BCUT2D eigenvalue weighted by Crippen LogP contribution is -2.12. The second-order valence-electron chi connectivity index (χ2n) is 5.53. The highest BCUT2D eigenvalue weighted by Crippen LogP contribution is 2.31. The molecule has 5 heteroatoms. The first-order valence-corrected chi connectivity index (χ1v) is 8.91. The fourth-order valence-corrected chi connectivity index (χ4v) is 3.93. The van der Waals surface area contributed by atoms with Crippen molar-refractivity contribution in [3.05, 3.63) is 65.7 Å². The van der Waals surface area contributed by atoms with Crippen molar-refractivity contribution >= 4 is 20.9 Å². The van der Waals surface area contributed by atoms with Crippen molar-refractivity contribution in [1.29, 1.82) is 0 Å². The minimum atomic E-state index is -3.94. The van der Waals surface area contributed by atoms with E-state index in [1.165, 1.54) is 6.07 Å². The molecule has 4 nitrogen and oxygen atoms in total. The molecule has 3 rings (SSSR count). The van der Waals surface area contributed by atoms with Crippen molar-refractivity contribution in [3.63, 3.8) is 0 Å². The lowest BCUT2D eigenvalue weighted by molar-refractivity contribution is 0.410. The van der Waals surface area contributed by atoms with Gasteiger partial charge >= 0.3 is 10.1 Å². The third kappa shape index (κ3) is 2.83. The van der Waals surface area contributed by atoms with Crippen molar-refractivity contribution in [3.8, 4) is 11.5 Å². The van der Waals surface area contributed by atoms with Crippen LogP contribution in [0.4, 0.5) is 0 Å². The third-order valence-corrected chi connectivity index (χ3v) is 5.51. The molecule has 0 saturated heterocycles. The normalized spacial score (nSPS) is 11.5. The van der Waals surface area contributed by atoms with E-state index in [4.69, 9.17) is 8.92 Å². The van der Waals surface area contributed by atoms with E-state index in [1.54, 1.807) is 32.2 Å². The van der Waals surface area contributed by atoms with Gasteiger partial charge in [0.25, 0.3) is 0 Å². The molecule has 0 aromatic heterocycles. The number of rotatable bonds is 4. The molecule has 0 bridgehead atoms. The molecule has 0 amide bonds. The molecule has 24 heavy (non-hydrogen) atoms. The van der Waals surface area contributed by atoms with Gasteiger partial charge in [-0.05, 0) is 48.6 Å². The largest absolute Gasteiger partial charge is 0.496 e. The summed E-state index contributed by atoms with van der Waals surface area (Å²) < 4.78 is 36.2. The van der Waals surface area contributed by atoms with Crippen LogP contribution in [0.5, 0.6) is 11.5 Å². The predicted molar refractivity (Wildman–Crippen MR) is 94.2 cm³/mol. The minimum absolute atomic E-state index is 0.147. The molecular weight excluding hydrogens is 324 g/mol. The van der Waals surface area contributed by atoms with Gasteiger partial charge in [0, 0.05) is 5.39 Å². The van der Waals surface area contributed by atoms with Gasteiger partial charge in [0.1, 0.15) is 10.6 Å². The molecule has 0 unspecified atom stereocenters. The van der Waals surface area contributed by atoms with Crippen LogP contribution in [0, 0.1) is 13.8 Å². The molecular formula is C19H18O4S. The molecule has 0 aliphatic carbocycles. The van der Waals surface area contributed by atoms with Crippen molar-refractivity contribution in [2.45, 2.75) is 18.7 Å². The molecule has 0 atom stereocenters. The van der Waals surface area contributed by atoms with E-state index in [1.807, 2.05) is 37.3 Å². The van der Waals surface area contributed by atoms with Crippen LogP contribution in [0.25, 0.3) is 10.8 Å². The molecule has 0 heterocycles. The van der Waals surface area contributed by atoms with E-state index in [-0.39, 0.29) is 4.90 Å². The standard InChI is InChI=1S/C19H18O4S/c1-13-14(2)19(12-11-17(13)22-3)24(20,21)23-18-10-6-8-15-7-4-5-9-16(15)18/h4-12H,1-3H3. The van der Waals surface area contributed by atoms with E-state index in [0.29, 0.717) is 17.1 Å². The maximum absolute atomic E-state index is 12.8. The number of ether oxygens (including phenoxy) is 1. The summed E-state index contributed by atoms with van der Waals surface area (Å²) in [5.41, 5.74) is 1.40. The minimum Gasteiger partial charge on any atom is -0.496 e. The van der Waals surface area contributed by atoms with E-state index in [9.17, 15) is 8.42 Å². The summed E-state index contributed by atoms with van der Waals surface area (Å²) in [6.07, 6.45) is 0. The number of hydrogen-bond acceptors (Lipinski definition) is 4. The van der Waals surface area contributed by atoms with E-state index in [0.717, 1.165) is 16.3 Å². The second kappa shape index (κ2) is 6.17. The Kier molecular flexibility index (Phi) is 4.20. The van der Waals surface area contributed by atoms with Gasteiger partial charge in [0.2, 0.25) is 0 Å². The van der Waals surface area contributed by atoms with Gasteiger partial charge in [-0.15, -0.1) is 0 Å². The quantitative estimate of drug-likeness (QED) is 0.666. The second-order valence-corrected chi connectivity index (χ2v) is 7.05. The summed E-state index contributed by atoms with van der Waals surface area (Å²) in [6, 6.07) is 16.0. The van der Waals surface area contributed by atoms with Crippen molar-refractivity contribution < 1.29 is 17.3 Å². The van der Waals surface area contributed by atoms with Gasteiger partial charge in [-0.3, -0.25) is 0 Å². The molecule has 124 valence electrons. The van der Waals surface area contributed by atoms with Crippen molar-refractivity contribution in [2.24, 2.45) is 0 Å². The highest BCUT2D eigenvalue weighted by Gasteiger charge is 2.22. The molecule has 0 radical (unpaired) electrons. The predicted octanol–water partition coefficient (Wildman–Crippen LogP) is 4.23. The zero-order chi connectivity index (χ0) is 17.3. The average Bonchev–Trinajstić information content (AvgIpc) is 2.57. The molecule has 0 spiro atoms. The number of benzene rings is 3. The molecule has 0 aliphatic rings. The van der Waals surface area contributed by atoms with Crippen LogP contribution < -0.4 is 8.92 Å².